The zero-order valence-corrected chi connectivity index (χ0v) is 14.5. The number of piperidine rings is 1. The van der Waals surface area contributed by atoms with Crippen LogP contribution in [0.25, 0.3) is 0 Å². The van der Waals surface area contributed by atoms with E-state index in [-0.39, 0.29) is 12.0 Å². The normalized spacial score (nSPS) is 19.8. The summed E-state index contributed by atoms with van der Waals surface area (Å²) in [6.07, 6.45) is 5.02. The lowest BCUT2D eigenvalue weighted by Crippen LogP contribution is -2.41. The minimum atomic E-state index is -0.745. The highest BCUT2D eigenvalue weighted by atomic mass is 35.5. The van der Waals surface area contributed by atoms with Crippen molar-refractivity contribution >= 4 is 29.2 Å². The van der Waals surface area contributed by atoms with Crippen molar-refractivity contribution in [1.29, 1.82) is 0 Å². The molecule has 1 N–H and O–H groups in total. The molecule has 6 heteroatoms. The van der Waals surface area contributed by atoms with Gasteiger partial charge in [-0.25, -0.2) is 0 Å². The molecule has 2 atom stereocenters. The van der Waals surface area contributed by atoms with E-state index in [1.54, 1.807) is 18.5 Å². The molecule has 4 nitrogen and oxygen atoms in total. The second-order valence-corrected chi connectivity index (χ2v) is 6.78. The SMILES string of the molecule is O=C(O)C1CCCN(C(c2ccncc2)c2cccc(Cl)c2Cl)C1. The molecule has 2 unspecified atom stereocenters. The second-order valence-electron chi connectivity index (χ2n) is 6.00. The van der Waals surface area contributed by atoms with Crippen molar-refractivity contribution in [2.24, 2.45) is 5.92 Å². The third-order valence-electron chi connectivity index (χ3n) is 4.47. The Morgan fingerprint density at radius 1 is 1.25 bits per heavy atom. The van der Waals surface area contributed by atoms with Gasteiger partial charge >= 0.3 is 5.97 Å². The molecule has 1 saturated heterocycles. The van der Waals surface area contributed by atoms with Crippen LogP contribution in [-0.2, 0) is 4.79 Å². The van der Waals surface area contributed by atoms with E-state index in [0.29, 0.717) is 23.0 Å². The summed E-state index contributed by atoms with van der Waals surface area (Å²) in [5, 5.41) is 10.4. The molecule has 2 heterocycles. The van der Waals surface area contributed by atoms with E-state index >= 15 is 0 Å². The maximum Gasteiger partial charge on any atom is 0.307 e. The molecule has 0 spiro atoms. The molecule has 0 aliphatic carbocycles. The van der Waals surface area contributed by atoms with Gasteiger partial charge in [0, 0.05) is 18.9 Å². The molecule has 126 valence electrons. The molecule has 0 radical (unpaired) electrons. The van der Waals surface area contributed by atoms with Crippen LogP contribution in [0.15, 0.2) is 42.7 Å². The number of nitrogens with zero attached hydrogens (tertiary/aromatic N) is 2. The summed E-state index contributed by atoms with van der Waals surface area (Å²) in [6, 6.07) is 9.31. The number of hydrogen-bond acceptors (Lipinski definition) is 3. The molecule has 1 aromatic heterocycles. The fourth-order valence-corrected chi connectivity index (χ4v) is 3.72. The highest BCUT2D eigenvalue weighted by Crippen LogP contribution is 2.38. The summed E-state index contributed by atoms with van der Waals surface area (Å²) in [6.45, 7) is 1.31. The lowest BCUT2D eigenvalue weighted by molar-refractivity contribution is -0.143. The fraction of sp³-hybridized carbons (Fsp3) is 0.333. The summed E-state index contributed by atoms with van der Waals surface area (Å²) in [7, 11) is 0. The maximum absolute atomic E-state index is 11.4. The van der Waals surface area contributed by atoms with Gasteiger partial charge in [-0.1, -0.05) is 35.3 Å². The molecule has 1 aliphatic rings. The van der Waals surface area contributed by atoms with Crippen molar-refractivity contribution in [3.05, 3.63) is 63.9 Å². The van der Waals surface area contributed by atoms with E-state index in [0.717, 1.165) is 24.1 Å². The van der Waals surface area contributed by atoms with Crippen molar-refractivity contribution in [2.45, 2.75) is 18.9 Å². The van der Waals surface area contributed by atoms with Crippen molar-refractivity contribution in [1.82, 2.24) is 9.88 Å². The van der Waals surface area contributed by atoms with Crippen molar-refractivity contribution in [3.8, 4) is 0 Å². The number of rotatable bonds is 4. The van der Waals surface area contributed by atoms with Crippen LogP contribution >= 0.6 is 23.2 Å². The quantitative estimate of drug-likeness (QED) is 0.879. The van der Waals surface area contributed by atoms with Crippen LogP contribution in [0.3, 0.4) is 0 Å². The van der Waals surface area contributed by atoms with Gasteiger partial charge < -0.3 is 5.11 Å². The van der Waals surface area contributed by atoms with E-state index in [9.17, 15) is 9.90 Å². The Bertz CT molecular complexity index is 724. The number of benzene rings is 1. The van der Waals surface area contributed by atoms with Crippen LogP contribution in [0.4, 0.5) is 0 Å². The van der Waals surface area contributed by atoms with Gasteiger partial charge in [0.05, 0.1) is 22.0 Å². The van der Waals surface area contributed by atoms with Crippen LogP contribution in [0, 0.1) is 5.92 Å². The predicted octanol–water partition coefficient (Wildman–Crippen LogP) is 4.27. The zero-order chi connectivity index (χ0) is 17.1. The molecule has 1 aliphatic heterocycles. The van der Waals surface area contributed by atoms with Gasteiger partial charge in [0.1, 0.15) is 0 Å². The number of hydrogen-bond donors (Lipinski definition) is 1. The van der Waals surface area contributed by atoms with Crippen LogP contribution in [0.2, 0.25) is 10.0 Å². The molecular formula is C18H18Cl2N2O2. The predicted molar refractivity (Wildman–Crippen MR) is 94.5 cm³/mol. The second kappa shape index (κ2) is 7.51. The number of carbonyl (C=O) groups is 1. The standard InChI is InChI=1S/C18H18Cl2N2O2/c19-15-5-1-4-14(16(15)20)17(12-6-8-21-9-7-12)22-10-2-3-13(11-22)18(23)24/h1,4-9,13,17H,2-3,10-11H2,(H,23,24). The summed E-state index contributed by atoms with van der Waals surface area (Å²) in [5.74, 6) is -1.11. The number of aromatic nitrogens is 1. The number of likely N-dealkylation sites (tertiary alicyclic amines) is 1. The van der Waals surface area contributed by atoms with E-state index in [1.165, 1.54) is 0 Å². The third-order valence-corrected chi connectivity index (χ3v) is 5.30. The first-order chi connectivity index (χ1) is 11.6. The van der Waals surface area contributed by atoms with E-state index in [1.807, 2.05) is 24.3 Å². The molecular weight excluding hydrogens is 347 g/mol. The highest BCUT2D eigenvalue weighted by Gasteiger charge is 2.32. The Balaban J connectivity index is 2.03. The number of pyridine rings is 1. The molecule has 0 bridgehead atoms. The molecule has 24 heavy (non-hydrogen) atoms. The van der Waals surface area contributed by atoms with E-state index < -0.39 is 5.97 Å². The molecule has 0 saturated carbocycles. The molecule has 0 amide bonds. The van der Waals surface area contributed by atoms with Gasteiger partial charge in [-0.15, -0.1) is 0 Å². The minimum absolute atomic E-state index is 0.138. The van der Waals surface area contributed by atoms with Gasteiger partial charge in [-0.2, -0.15) is 0 Å². The van der Waals surface area contributed by atoms with Crippen molar-refractivity contribution in [3.63, 3.8) is 0 Å². The van der Waals surface area contributed by atoms with Gasteiger partial charge in [-0.3, -0.25) is 14.7 Å². The molecule has 1 fully saturated rings. The maximum atomic E-state index is 11.4. The van der Waals surface area contributed by atoms with Gasteiger partial charge in [0.25, 0.3) is 0 Å². The lowest BCUT2D eigenvalue weighted by Gasteiger charge is -2.38. The van der Waals surface area contributed by atoms with Crippen molar-refractivity contribution in [2.75, 3.05) is 13.1 Å². The number of halogens is 2. The Labute approximate surface area is 151 Å². The van der Waals surface area contributed by atoms with Gasteiger partial charge in [-0.05, 0) is 48.7 Å². The Morgan fingerprint density at radius 3 is 2.71 bits per heavy atom. The number of carboxylic acids is 1. The lowest BCUT2D eigenvalue weighted by atomic mass is 9.92. The third kappa shape index (κ3) is 3.56. The average Bonchev–Trinajstić information content (AvgIpc) is 2.60. The van der Waals surface area contributed by atoms with Crippen LogP contribution < -0.4 is 0 Å². The molecule has 2 aromatic rings. The average molecular weight is 365 g/mol. The number of carboxylic acid groups (broad SMARTS) is 1. The minimum Gasteiger partial charge on any atom is -0.481 e. The van der Waals surface area contributed by atoms with E-state index in [2.05, 4.69) is 9.88 Å². The summed E-state index contributed by atoms with van der Waals surface area (Å²) in [5.41, 5.74) is 1.92. The van der Waals surface area contributed by atoms with Gasteiger partial charge in [0.2, 0.25) is 0 Å². The highest BCUT2D eigenvalue weighted by molar-refractivity contribution is 6.42. The Hall–Kier alpha value is -1.62. The Morgan fingerprint density at radius 2 is 2.00 bits per heavy atom. The summed E-state index contributed by atoms with van der Waals surface area (Å²) < 4.78 is 0. The topological polar surface area (TPSA) is 53.4 Å². The van der Waals surface area contributed by atoms with Crippen LogP contribution in [0.5, 0.6) is 0 Å². The first kappa shape index (κ1) is 17.2. The first-order valence-electron chi connectivity index (χ1n) is 7.88. The zero-order valence-electron chi connectivity index (χ0n) is 13.0. The fourth-order valence-electron chi connectivity index (χ4n) is 3.31. The number of aliphatic carboxylic acids is 1. The largest absolute Gasteiger partial charge is 0.481 e. The van der Waals surface area contributed by atoms with E-state index in [4.69, 9.17) is 23.2 Å². The monoisotopic (exact) mass is 364 g/mol. The summed E-state index contributed by atoms with van der Waals surface area (Å²) >= 11 is 12.7. The Kier molecular flexibility index (Phi) is 5.39. The van der Waals surface area contributed by atoms with Crippen molar-refractivity contribution < 1.29 is 9.90 Å². The smallest absolute Gasteiger partial charge is 0.307 e. The molecule has 1 aromatic carbocycles. The first-order valence-corrected chi connectivity index (χ1v) is 8.64. The molecule has 3 rings (SSSR count). The van der Waals surface area contributed by atoms with Gasteiger partial charge in [0.15, 0.2) is 0 Å². The van der Waals surface area contributed by atoms with Crippen LogP contribution in [-0.4, -0.2) is 34.0 Å². The summed E-state index contributed by atoms with van der Waals surface area (Å²) in [4.78, 5) is 17.7. The van der Waals surface area contributed by atoms with Crippen LogP contribution in [0.1, 0.15) is 30.0 Å².